The number of hydrogen-bond acceptors (Lipinski definition) is 4. The Kier molecular flexibility index (Phi) is 7.63. The minimum absolute atomic E-state index is 0.0905. The second-order valence-corrected chi connectivity index (χ2v) is 10.4. The van der Waals surface area contributed by atoms with Gasteiger partial charge in [0.2, 0.25) is 0 Å². The van der Waals surface area contributed by atoms with Gasteiger partial charge in [0, 0.05) is 25.8 Å². The van der Waals surface area contributed by atoms with Gasteiger partial charge in [-0.1, -0.05) is 36.7 Å². The lowest BCUT2D eigenvalue weighted by atomic mass is 9.81. The zero-order valence-corrected chi connectivity index (χ0v) is 22.6. The number of amides is 1. The number of pyridine rings is 1. The number of alkyl halides is 3. The predicted octanol–water partition coefficient (Wildman–Crippen LogP) is 6.89. The fraction of sp³-hybridized carbons (Fsp3) is 0.310. The van der Waals surface area contributed by atoms with Crippen LogP contribution >= 0.6 is 11.6 Å². The van der Waals surface area contributed by atoms with Gasteiger partial charge in [-0.15, -0.1) is 13.2 Å². The number of piperidine rings is 1. The van der Waals surface area contributed by atoms with Gasteiger partial charge in [0.1, 0.15) is 17.2 Å². The fourth-order valence-corrected chi connectivity index (χ4v) is 5.54. The van der Waals surface area contributed by atoms with Crippen LogP contribution in [0.2, 0.25) is 5.15 Å². The first kappa shape index (κ1) is 27.8. The minimum Gasteiger partial charge on any atom is -0.406 e. The second kappa shape index (κ2) is 11.0. The molecule has 1 unspecified atom stereocenters. The Bertz CT molecular complexity index is 1540. The van der Waals surface area contributed by atoms with Crippen molar-refractivity contribution in [1.82, 2.24) is 14.7 Å². The van der Waals surface area contributed by atoms with E-state index in [9.17, 15) is 18.0 Å². The molecule has 1 aliphatic rings. The maximum atomic E-state index is 15.2. The molecular formula is C29H27ClF4N4O2. The fourth-order valence-electron chi connectivity index (χ4n) is 5.28. The summed E-state index contributed by atoms with van der Waals surface area (Å²) in [6.45, 7) is 5.26. The molecule has 0 saturated carbocycles. The molecule has 1 saturated heterocycles. The van der Waals surface area contributed by atoms with E-state index in [4.69, 9.17) is 11.6 Å². The minimum atomic E-state index is -4.73. The summed E-state index contributed by atoms with van der Waals surface area (Å²) in [5.41, 5.74) is 3.76. The van der Waals surface area contributed by atoms with E-state index in [0.29, 0.717) is 30.0 Å². The Hall–Kier alpha value is -3.79. The lowest BCUT2D eigenvalue weighted by Gasteiger charge is -2.38. The Morgan fingerprint density at radius 3 is 2.58 bits per heavy atom. The highest BCUT2D eigenvalue weighted by molar-refractivity contribution is 6.32. The quantitative estimate of drug-likeness (QED) is 0.255. The molecule has 2 aromatic heterocycles. The molecule has 3 heterocycles. The van der Waals surface area contributed by atoms with Crippen LogP contribution in [-0.4, -0.2) is 34.7 Å². The number of nitrogens with one attached hydrogen (secondary N) is 1. The van der Waals surface area contributed by atoms with Gasteiger partial charge in [-0.05, 0) is 78.3 Å². The van der Waals surface area contributed by atoms with Crippen molar-refractivity contribution in [3.8, 4) is 5.75 Å². The number of aromatic nitrogens is 2. The van der Waals surface area contributed by atoms with Gasteiger partial charge in [0.25, 0.3) is 5.91 Å². The largest absolute Gasteiger partial charge is 0.573 e. The van der Waals surface area contributed by atoms with Crippen molar-refractivity contribution < 1.29 is 27.1 Å². The third kappa shape index (κ3) is 6.01. The van der Waals surface area contributed by atoms with Gasteiger partial charge in [-0.2, -0.15) is 0 Å². The summed E-state index contributed by atoms with van der Waals surface area (Å²) in [7, 11) is 0. The summed E-state index contributed by atoms with van der Waals surface area (Å²) in [5.74, 6) is -0.796. The number of aryl methyl sites for hydroxylation is 1. The SMILES string of the molecule is Cc1ccn2c(C(=O)NCc3ccc(N4CCC(c5ccc(OC(F)(F)F)cc5)[C@@H](C)C4)c(F)c3)c(Cl)nc2c1. The Balaban J connectivity index is 1.21. The molecule has 40 heavy (non-hydrogen) atoms. The number of halogens is 5. The van der Waals surface area contributed by atoms with Crippen molar-refractivity contribution >= 4 is 28.8 Å². The number of fused-ring (bicyclic) bond motifs is 1. The molecule has 0 aliphatic carbocycles. The van der Waals surface area contributed by atoms with E-state index in [0.717, 1.165) is 17.5 Å². The first-order valence-corrected chi connectivity index (χ1v) is 13.2. The molecule has 1 fully saturated rings. The highest BCUT2D eigenvalue weighted by Crippen LogP contribution is 2.36. The summed E-state index contributed by atoms with van der Waals surface area (Å²) in [6.07, 6.45) is -2.28. The van der Waals surface area contributed by atoms with Gasteiger partial charge < -0.3 is 15.0 Å². The molecule has 1 N–H and O–H groups in total. The van der Waals surface area contributed by atoms with Crippen molar-refractivity contribution in [1.29, 1.82) is 0 Å². The molecule has 5 rings (SSSR count). The summed E-state index contributed by atoms with van der Waals surface area (Å²) >= 11 is 6.21. The molecular weight excluding hydrogens is 548 g/mol. The normalized spacial score (nSPS) is 17.7. The maximum absolute atomic E-state index is 15.2. The van der Waals surface area contributed by atoms with E-state index in [1.165, 1.54) is 18.2 Å². The highest BCUT2D eigenvalue weighted by atomic mass is 35.5. The smallest absolute Gasteiger partial charge is 0.406 e. The number of benzene rings is 2. The molecule has 1 amide bonds. The molecule has 0 bridgehead atoms. The average Bonchev–Trinajstić information content (AvgIpc) is 3.21. The Morgan fingerprint density at radius 2 is 1.90 bits per heavy atom. The van der Waals surface area contributed by atoms with Crippen LogP contribution in [0.25, 0.3) is 5.65 Å². The van der Waals surface area contributed by atoms with Crippen molar-refractivity contribution in [3.05, 3.63) is 94.1 Å². The number of ether oxygens (including phenoxy) is 1. The van der Waals surface area contributed by atoms with E-state index >= 15 is 4.39 Å². The van der Waals surface area contributed by atoms with Crippen molar-refractivity contribution in [2.45, 2.75) is 39.1 Å². The van der Waals surface area contributed by atoms with Gasteiger partial charge in [-0.25, -0.2) is 9.37 Å². The third-order valence-corrected chi connectivity index (χ3v) is 7.47. The number of rotatable bonds is 6. The van der Waals surface area contributed by atoms with Gasteiger partial charge in [-0.3, -0.25) is 9.20 Å². The first-order chi connectivity index (χ1) is 19.0. The van der Waals surface area contributed by atoms with Crippen LogP contribution in [0.3, 0.4) is 0 Å². The van der Waals surface area contributed by atoms with Crippen LogP contribution in [-0.2, 0) is 6.54 Å². The predicted molar refractivity (Wildman–Crippen MR) is 144 cm³/mol. The Morgan fingerprint density at radius 1 is 1.15 bits per heavy atom. The summed E-state index contributed by atoms with van der Waals surface area (Å²) < 4.78 is 58.1. The number of anilines is 1. The lowest BCUT2D eigenvalue weighted by molar-refractivity contribution is -0.274. The zero-order chi connectivity index (χ0) is 28.6. The zero-order valence-electron chi connectivity index (χ0n) is 21.8. The van der Waals surface area contributed by atoms with Crippen molar-refractivity contribution in [2.24, 2.45) is 5.92 Å². The van der Waals surface area contributed by atoms with Crippen LogP contribution in [0.4, 0.5) is 23.2 Å². The lowest BCUT2D eigenvalue weighted by Crippen LogP contribution is -2.39. The van der Waals surface area contributed by atoms with E-state index in [1.807, 2.05) is 30.9 Å². The molecule has 1 aliphatic heterocycles. The van der Waals surface area contributed by atoms with E-state index in [-0.39, 0.29) is 35.0 Å². The molecule has 6 nitrogen and oxygen atoms in total. The molecule has 4 aromatic rings. The number of hydrogen-bond donors (Lipinski definition) is 1. The summed E-state index contributed by atoms with van der Waals surface area (Å²) in [5, 5.41) is 2.88. The standard InChI is InChI=1S/C29H27ClF4N4O2/c1-17-9-12-38-25(13-17)36-27(30)26(38)28(39)35-15-19-3-8-24(23(31)14-19)37-11-10-22(18(2)16-37)20-4-6-21(7-5-20)40-29(32,33)34/h3-9,12-14,18,22H,10-11,15-16H2,1-2H3,(H,35,39)/t18-,22?/m0/s1. The number of carbonyl (C=O) groups is 1. The van der Waals surface area contributed by atoms with Crippen LogP contribution in [0.15, 0.2) is 60.8 Å². The topological polar surface area (TPSA) is 58.9 Å². The molecule has 11 heteroatoms. The van der Waals surface area contributed by atoms with E-state index < -0.39 is 18.1 Å². The monoisotopic (exact) mass is 574 g/mol. The third-order valence-electron chi connectivity index (χ3n) is 7.21. The number of nitrogens with zero attached hydrogens (tertiary/aromatic N) is 3. The molecule has 2 atom stereocenters. The second-order valence-electron chi connectivity index (χ2n) is 10.1. The summed E-state index contributed by atoms with van der Waals surface area (Å²) in [4.78, 5) is 19.0. The van der Waals surface area contributed by atoms with Gasteiger partial charge >= 0.3 is 6.36 Å². The van der Waals surface area contributed by atoms with Gasteiger partial charge in [0.15, 0.2) is 10.8 Å². The van der Waals surface area contributed by atoms with Crippen LogP contribution < -0.4 is 15.0 Å². The highest BCUT2D eigenvalue weighted by Gasteiger charge is 2.32. The molecule has 0 spiro atoms. The van der Waals surface area contributed by atoms with Crippen molar-refractivity contribution in [3.63, 3.8) is 0 Å². The Labute approximate surface area is 233 Å². The van der Waals surface area contributed by atoms with Gasteiger partial charge in [0.05, 0.1) is 5.69 Å². The first-order valence-electron chi connectivity index (χ1n) is 12.8. The average molecular weight is 575 g/mol. The van der Waals surface area contributed by atoms with E-state index in [1.54, 1.807) is 34.9 Å². The van der Waals surface area contributed by atoms with Crippen LogP contribution in [0, 0.1) is 18.7 Å². The van der Waals surface area contributed by atoms with E-state index in [2.05, 4.69) is 15.0 Å². The van der Waals surface area contributed by atoms with Crippen LogP contribution in [0.1, 0.15) is 46.4 Å². The molecule has 0 radical (unpaired) electrons. The molecule has 2 aromatic carbocycles. The van der Waals surface area contributed by atoms with Crippen LogP contribution in [0.5, 0.6) is 5.75 Å². The number of imidazole rings is 1. The molecule has 210 valence electrons. The number of carbonyl (C=O) groups excluding carboxylic acids is 1. The summed E-state index contributed by atoms with van der Waals surface area (Å²) in [6, 6.07) is 14.5. The maximum Gasteiger partial charge on any atom is 0.573 e. The van der Waals surface area contributed by atoms with Crippen molar-refractivity contribution in [2.75, 3.05) is 18.0 Å².